The molecule has 0 saturated carbocycles. The predicted octanol–water partition coefficient (Wildman–Crippen LogP) is 3.83. The number of nitrogens with zero attached hydrogens (tertiary/aromatic N) is 4. The Bertz CT molecular complexity index is 1080. The first kappa shape index (κ1) is 16.0. The van der Waals surface area contributed by atoms with Gasteiger partial charge in [-0.2, -0.15) is 10.2 Å². The molecule has 7 heteroatoms. The van der Waals surface area contributed by atoms with Crippen LogP contribution in [0.3, 0.4) is 0 Å². The van der Waals surface area contributed by atoms with Crippen molar-refractivity contribution in [1.82, 2.24) is 24.9 Å². The molecule has 0 bridgehead atoms. The van der Waals surface area contributed by atoms with E-state index in [0.717, 1.165) is 34.1 Å². The van der Waals surface area contributed by atoms with Crippen LogP contribution in [0, 0.1) is 6.92 Å². The van der Waals surface area contributed by atoms with Crippen LogP contribution >= 0.6 is 11.3 Å². The zero-order chi connectivity index (χ0) is 17.8. The summed E-state index contributed by atoms with van der Waals surface area (Å²) >= 11 is 1.66. The quantitative estimate of drug-likeness (QED) is 0.584. The van der Waals surface area contributed by atoms with Gasteiger partial charge in [0.1, 0.15) is 11.0 Å². The highest BCUT2D eigenvalue weighted by Gasteiger charge is 2.27. The van der Waals surface area contributed by atoms with E-state index in [4.69, 9.17) is 0 Å². The summed E-state index contributed by atoms with van der Waals surface area (Å²) in [6.07, 6.45) is 3.93. The van der Waals surface area contributed by atoms with Gasteiger partial charge in [0.25, 0.3) is 0 Å². The first-order chi connectivity index (χ1) is 12.6. The molecule has 5 rings (SSSR count). The molecule has 3 aromatic heterocycles. The molecule has 1 N–H and O–H groups in total. The van der Waals surface area contributed by atoms with Crippen LogP contribution in [-0.2, 0) is 7.05 Å². The summed E-state index contributed by atoms with van der Waals surface area (Å²) in [4.78, 5) is 2.15. The summed E-state index contributed by atoms with van der Waals surface area (Å²) in [6.45, 7) is 3.35. The highest BCUT2D eigenvalue weighted by molar-refractivity contribution is 7.21. The normalized spacial score (nSPS) is 21.0. The molecule has 134 valence electrons. The zero-order valence-electron chi connectivity index (χ0n) is 14.7. The van der Waals surface area contributed by atoms with Crippen LogP contribution in [0.4, 0.5) is 4.39 Å². The Kier molecular flexibility index (Phi) is 3.62. The number of thiophene rings is 1. The number of alkyl halides is 1. The van der Waals surface area contributed by atoms with Gasteiger partial charge < -0.3 is 5.32 Å². The van der Waals surface area contributed by atoms with Gasteiger partial charge in [0.15, 0.2) is 0 Å². The smallest absolute Gasteiger partial charge is 0.146 e. The fourth-order valence-electron chi connectivity index (χ4n) is 3.83. The maximum absolute atomic E-state index is 14.2. The maximum atomic E-state index is 14.2. The second-order valence-corrected chi connectivity index (χ2v) is 8.12. The first-order valence-electron chi connectivity index (χ1n) is 8.86. The molecule has 1 aliphatic rings. The molecule has 0 aliphatic carbocycles. The lowest BCUT2D eigenvalue weighted by atomic mass is 10.1. The lowest BCUT2D eigenvalue weighted by molar-refractivity contribution is 0.174. The maximum Gasteiger partial charge on any atom is 0.146 e. The highest BCUT2D eigenvalue weighted by atomic mass is 32.1. The zero-order valence-corrected chi connectivity index (χ0v) is 15.6. The molecule has 1 fully saturated rings. The van der Waals surface area contributed by atoms with Crippen molar-refractivity contribution < 1.29 is 4.39 Å². The van der Waals surface area contributed by atoms with Crippen molar-refractivity contribution in [3.05, 3.63) is 36.2 Å². The van der Waals surface area contributed by atoms with E-state index in [0.29, 0.717) is 6.54 Å². The number of piperidine rings is 1. The summed E-state index contributed by atoms with van der Waals surface area (Å²) < 4.78 is 17.9. The number of nitrogens with one attached hydrogen (secondary N) is 1. The lowest BCUT2D eigenvalue weighted by Gasteiger charge is -2.26. The summed E-state index contributed by atoms with van der Waals surface area (Å²) in [6, 6.07) is 6.36. The third-order valence-corrected chi connectivity index (χ3v) is 6.21. The monoisotopic (exact) mass is 369 g/mol. The number of hydrogen-bond donors (Lipinski definition) is 1. The summed E-state index contributed by atoms with van der Waals surface area (Å²) in [5.74, 6) is 0. The largest absolute Gasteiger partial charge is 0.314 e. The van der Waals surface area contributed by atoms with E-state index in [2.05, 4.69) is 40.6 Å². The van der Waals surface area contributed by atoms with E-state index < -0.39 is 6.17 Å². The van der Waals surface area contributed by atoms with Crippen molar-refractivity contribution in [2.24, 2.45) is 7.05 Å². The van der Waals surface area contributed by atoms with Crippen LogP contribution in [0.15, 0.2) is 30.6 Å². The van der Waals surface area contributed by atoms with Gasteiger partial charge in [-0.15, -0.1) is 11.3 Å². The Balaban J connectivity index is 1.53. The second-order valence-electron chi connectivity index (χ2n) is 7.09. The molecule has 4 heterocycles. The SMILES string of the molecule is Cc1cc(-c2cc3cn([C@H]4CCNC[C@H]4F)nc3s2)cc2cn(C)nc12. The summed E-state index contributed by atoms with van der Waals surface area (Å²) in [5.41, 5.74) is 3.40. The van der Waals surface area contributed by atoms with Crippen molar-refractivity contribution in [1.29, 1.82) is 0 Å². The number of rotatable bonds is 2. The van der Waals surface area contributed by atoms with E-state index in [1.807, 2.05) is 28.8 Å². The van der Waals surface area contributed by atoms with Crippen LogP contribution < -0.4 is 5.32 Å². The average molecular weight is 369 g/mol. The standard InChI is InChI=1S/C19H20FN5S/c1-11-5-12(6-13-9-24(2)22-18(11)13)17-7-14-10-25(23-19(14)26-17)16-3-4-21-8-15(16)20/h5-7,9-10,15-16,21H,3-4,8H2,1-2H3/t15-,16+/m1/s1. The highest BCUT2D eigenvalue weighted by Crippen LogP contribution is 2.36. The molecule has 26 heavy (non-hydrogen) atoms. The Morgan fingerprint density at radius 2 is 2.08 bits per heavy atom. The number of fused-ring (bicyclic) bond motifs is 2. The molecule has 0 spiro atoms. The Morgan fingerprint density at radius 1 is 1.19 bits per heavy atom. The molecule has 1 aromatic carbocycles. The van der Waals surface area contributed by atoms with Crippen LogP contribution in [0.5, 0.6) is 0 Å². The van der Waals surface area contributed by atoms with E-state index in [9.17, 15) is 4.39 Å². The average Bonchev–Trinajstić information content (AvgIpc) is 3.27. The minimum Gasteiger partial charge on any atom is -0.314 e. The second kappa shape index (κ2) is 5.89. The van der Waals surface area contributed by atoms with Gasteiger partial charge in [-0.05, 0) is 49.2 Å². The topological polar surface area (TPSA) is 47.7 Å². The van der Waals surface area contributed by atoms with Gasteiger partial charge in [0.05, 0.1) is 11.6 Å². The lowest BCUT2D eigenvalue weighted by Crippen LogP contribution is -2.39. The van der Waals surface area contributed by atoms with E-state index in [1.165, 1.54) is 16.0 Å². The van der Waals surface area contributed by atoms with Crippen molar-refractivity contribution >= 4 is 32.5 Å². The predicted molar refractivity (Wildman–Crippen MR) is 103 cm³/mol. The van der Waals surface area contributed by atoms with E-state index in [-0.39, 0.29) is 6.04 Å². The van der Waals surface area contributed by atoms with Crippen LogP contribution in [-0.4, -0.2) is 38.8 Å². The van der Waals surface area contributed by atoms with Crippen molar-refractivity contribution in [3.8, 4) is 10.4 Å². The molecule has 0 unspecified atom stereocenters. The Hall–Kier alpha value is -2.25. The van der Waals surface area contributed by atoms with Gasteiger partial charge >= 0.3 is 0 Å². The number of halogens is 1. The van der Waals surface area contributed by atoms with Crippen LogP contribution in [0.1, 0.15) is 18.0 Å². The van der Waals surface area contributed by atoms with E-state index in [1.54, 1.807) is 11.3 Å². The van der Waals surface area contributed by atoms with Crippen molar-refractivity contribution in [2.45, 2.75) is 25.6 Å². The molecule has 4 aromatic rings. The van der Waals surface area contributed by atoms with Gasteiger partial charge in [-0.25, -0.2) is 4.39 Å². The van der Waals surface area contributed by atoms with Crippen LogP contribution in [0.25, 0.3) is 31.6 Å². The molecule has 1 saturated heterocycles. The minimum absolute atomic E-state index is 0.159. The third kappa shape index (κ3) is 2.54. The summed E-state index contributed by atoms with van der Waals surface area (Å²) in [5, 5.41) is 14.5. The fraction of sp³-hybridized carbons (Fsp3) is 0.368. The van der Waals surface area contributed by atoms with Gasteiger partial charge in [0.2, 0.25) is 0 Å². The molecular weight excluding hydrogens is 349 g/mol. The molecular formula is C19H20FN5S. The Morgan fingerprint density at radius 3 is 2.88 bits per heavy atom. The molecule has 2 atom stereocenters. The number of aromatic nitrogens is 4. The van der Waals surface area contributed by atoms with Crippen LogP contribution in [0.2, 0.25) is 0 Å². The van der Waals surface area contributed by atoms with Gasteiger partial charge in [-0.1, -0.05) is 0 Å². The molecule has 1 aliphatic heterocycles. The Labute approximate surface area is 154 Å². The van der Waals surface area contributed by atoms with Crippen molar-refractivity contribution in [2.75, 3.05) is 13.1 Å². The minimum atomic E-state index is -0.882. The molecule has 0 amide bonds. The molecule has 5 nitrogen and oxygen atoms in total. The first-order valence-corrected chi connectivity index (χ1v) is 9.68. The third-order valence-electron chi connectivity index (χ3n) is 5.13. The number of hydrogen-bond acceptors (Lipinski definition) is 4. The van der Waals surface area contributed by atoms with Gasteiger partial charge in [-0.3, -0.25) is 9.36 Å². The van der Waals surface area contributed by atoms with Gasteiger partial charge in [0, 0.05) is 41.6 Å². The summed E-state index contributed by atoms with van der Waals surface area (Å²) in [7, 11) is 1.94. The number of aryl methyl sites for hydroxylation is 2. The fourth-order valence-corrected chi connectivity index (χ4v) is 4.83. The molecule has 0 radical (unpaired) electrons. The van der Waals surface area contributed by atoms with Crippen molar-refractivity contribution in [3.63, 3.8) is 0 Å². The number of benzene rings is 1. The van der Waals surface area contributed by atoms with E-state index >= 15 is 0 Å².